The Balaban J connectivity index is -0.0000000482. The number of carbonyl (C=O) groups excluding carboxylic acids is 2. The van der Waals surface area contributed by atoms with Crippen molar-refractivity contribution in [2.75, 3.05) is 0 Å². The molecule has 0 radical (unpaired) electrons. The minimum Gasteiger partial charge on any atom is -0.186 e. The molecule has 0 atom stereocenters. The van der Waals surface area contributed by atoms with Crippen molar-refractivity contribution in [3.05, 3.63) is 0 Å². The third-order valence-corrected chi connectivity index (χ3v) is 0.500. The van der Waals surface area contributed by atoms with Crippen molar-refractivity contribution in [3.63, 3.8) is 0 Å². The van der Waals surface area contributed by atoms with E-state index in [-0.39, 0.29) is 6.15 Å². The Morgan fingerprint density at radius 3 is 0.929 bits per heavy atom. The zero-order valence-corrected chi connectivity index (χ0v) is 11.0. The van der Waals surface area contributed by atoms with Crippen LogP contribution in [-0.2, 0) is 9.59 Å². The van der Waals surface area contributed by atoms with Crippen molar-refractivity contribution in [1.82, 2.24) is 0 Å². The van der Waals surface area contributed by atoms with Gasteiger partial charge in [-0.15, -0.1) is 0 Å². The maximum absolute atomic E-state index is 8.12. The molecule has 0 heterocycles. The minimum atomic E-state index is 0.250. The van der Waals surface area contributed by atoms with Crippen molar-refractivity contribution in [2.24, 2.45) is 5.92 Å². The van der Waals surface area contributed by atoms with Gasteiger partial charge in [0.1, 0.15) is 0 Å². The smallest absolute Gasteiger partial charge is 0.186 e. The molecule has 0 aromatic heterocycles. The molecule has 0 aromatic carbocycles. The average molecular weight is 204 g/mol. The van der Waals surface area contributed by atoms with Crippen LogP contribution in [0, 0.1) is 5.92 Å². The molecular formula is C12H28O2. The molecule has 0 spiro atoms. The SMILES string of the molecule is CC(C)C.CCC.CCCC.O=C=O. The lowest BCUT2D eigenvalue weighted by Gasteiger charge is -1.79. The van der Waals surface area contributed by atoms with E-state index in [1.807, 2.05) is 0 Å². The van der Waals surface area contributed by atoms with Gasteiger partial charge in [0.25, 0.3) is 0 Å². The van der Waals surface area contributed by atoms with Crippen LogP contribution in [0.1, 0.15) is 67.7 Å². The number of rotatable bonds is 1. The van der Waals surface area contributed by atoms with Crippen molar-refractivity contribution in [3.8, 4) is 0 Å². The fourth-order valence-electron chi connectivity index (χ4n) is 0. The summed E-state index contributed by atoms with van der Waals surface area (Å²) in [4.78, 5) is 16.2. The molecule has 14 heavy (non-hydrogen) atoms. The summed E-state index contributed by atoms with van der Waals surface area (Å²) in [6.45, 7) is 15.1. The van der Waals surface area contributed by atoms with Crippen molar-refractivity contribution < 1.29 is 9.59 Å². The normalized spacial score (nSPS) is 6.57. The first-order valence-corrected chi connectivity index (χ1v) is 5.47. The fourth-order valence-corrected chi connectivity index (χ4v) is 0. The lowest BCUT2D eigenvalue weighted by Crippen LogP contribution is -1.66. The molecule has 2 nitrogen and oxygen atoms in total. The minimum absolute atomic E-state index is 0.250. The van der Waals surface area contributed by atoms with Gasteiger partial charge in [0, 0.05) is 0 Å². The van der Waals surface area contributed by atoms with Gasteiger partial charge in [-0.05, 0) is 5.92 Å². The molecule has 0 aliphatic rings. The van der Waals surface area contributed by atoms with Crippen molar-refractivity contribution in [1.29, 1.82) is 0 Å². The monoisotopic (exact) mass is 204 g/mol. The molecule has 0 amide bonds. The topological polar surface area (TPSA) is 34.1 Å². The van der Waals surface area contributed by atoms with E-state index in [0.717, 1.165) is 5.92 Å². The Hall–Kier alpha value is -0.620. The molecule has 0 saturated carbocycles. The van der Waals surface area contributed by atoms with Crippen LogP contribution in [0.15, 0.2) is 0 Å². The molecule has 0 fully saturated rings. The van der Waals surface area contributed by atoms with Crippen LogP contribution in [0.25, 0.3) is 0 Å². The molecule has 0 N–H and O–H groups in total. The molecule has 0 unspecified atom stereocenters. The summed E-state index contributed by atoms with van der Waals surface area (Å²) in [5.41, 5.74) is 0. The highest BCUT2D eigenvalue weighted by molar-refractivity contribution is 5.20. The second-order valence-electron chi connectivity index (χ2n) is 3.52. The highest BCUT2D eigenvalue weighted by Gasteiger charge is 1.68. The number of hydrogen-bond donors (Lipinski definition) is 0. The van der Waals surface area contributed by atoms with E-state index in [1.165, 1.54) is 19.3 Å². The highest BCUT2D eigenvalue weighted by Crippen LogP contribution is 1.81. The quantitative estimate of drug-likeness (QED) is 0.638. The van der Waals surface area contributed by atoms with Gasteiger partial charge in [-0.2, -0.15) is 9.59 Å². The second-order valence-corrected chi connectivity index (χ2v) is 3.52. The van der Waals surface area contributed by atoms with Crippen LogP contribution in [-0.4, -0.2) is 6.15 Å². The van der Waals surface area contributed by atoms with E-state index in [4.69, 9.17) is 9.59 Å². The summed E-state index contributed by atoms with van der Waals surface area (Å²) < 4.78 is 0. The van der Waals surface area contributed by atoms with Crippen LogP contribution in [0.4, 0.5) is 0 Å². The zero-order valence-electron chi connectivity index (χ0n) is 11.0. The van der Waals surface area contributed by atoms with Gasteiger partial charge < -0.3 is 0 Å². The maximum atomic E-state index is 8.12. The Kier molecular flexibility index (Phi) is 65.6. The number of unbranched alkanes of at least 4 members (excludes halogenated alkanes) is 1. The largest absolute Gasteiger partial charge is 0.373 e. The van der Waals surface area contributed by atoms with Gasteiger partial charge in [0.15, 0.2) is 0 Å². The molecule has 0 aliphatic heterocycles. The van der Waals surface area contributed by atoms with Gasteiger partial charge in [0.05, 0.1) is 0 Å². The molecule has 0 bridgehead atoms. The van der Waals surface area contributed by atoms with E-state index < -0.39 is 0 Å². The van der Waals surface area contributed by atoms with E-state index in [0.29, 0.717) is 0 Å². The van der Waals surface area contributed by atoms with E-state index in [1.54, 1.807) is 0 Å². The average Bonchev–Trinajstić information content (AvgIpc) is 2.06. The summed E-state index contributed by atoms with van der Waals surface area (Å²) in [6.07, 6.45) is 4.14. The van der Waals surface area contributed by atoms with E-state index in [9.17, 15) is 0 Å². The van der Waals surface area contributed by atoms with Crippen molar-refractivity contribution in [2.45, 2.75) is 67.7 Å². The van der Waals surface area contributed by atoms with Crippen LogP contribution in [0.3, 0.4) is 0 Å². The van der Waals surface area contributed by atoms with Crippen molar-refractivity contribution >= 4 is 6.15 Å². The lowest BCUT2D eigenvalue weighted by atomic mass is 10.3. The Morgan fingerprint density at radius 1 is 0.857 bits per heavy atom. The lowest BCUT2D eigenvalue weighted by molar-refractivity contribution is -0.191. The standard InChI is InChI=1S/2C4H10.C3H8.CO2/c1-4(2)3;1-3-4-2;1-3-2;2-1-3/h4H,1-3H3;3-4H2,1-2H3;3H2,1-2H3;. The summed E-state index contributed by atoms with van der Waals surface area (Å²) in [5.74, 6) is 0.833. The third kappa shape index (κ3) is 8490. The van der Waals surface area contributed by atoms with Gasteiger partial charge in [-0.25, -0.2) is 0 Å². The Morgan fingerprint density at radius 2 is 0.929 bits per heavy atom. The summed E-state index contributed by atoms with van der Waals surface area (Å²) >= 11 is 0. The van der Waals surface area contributed by atoms with E-state index in [2.05, 4.69) is 48.5 Å². The third-order valence-electron chi connectivity index (χ3n) is 0.500. The van der Waals surface area contributed by atoms with Gasteiger partial charge >= 0.3 is 6.15 Å². The van der Waals surface area contributed by atoms with E-state index >= 15 is 0 Å². The molecule has 2 heteroatoms. The van der Waals surface area contributed by atoms with Crippen LogP contribution in [0.2, 0.25) is 0 Å². The Labute approximate surface area is 90.1 Å². The zero-order chi connectivity index (χ0) is 12.4. The molecule has 0 saturated heterocycles. The molecule has 0 aliphatic carbocycles. The predicted molar refractivity (Wildman–Crippen MR) is 62.1 cm³/mol. The van der Waals surface area contributed by atoms with Crippen LogP contribution in [0.5, 0.6) is 0 Å². The first kappa shape index (κ1) is 23.3. The molecular weight excluding hydrogens is 176 g/mol. The summed E-state index contributed by atoms with van der Waals surface area (Å²) in [7, 11) is 0. The van der Waals surface area contributed by atoms with Crippen LogP contribution < -0.4 is 0 Å². The fraction of sp³-hybridized carbons (Fsp3) is 0.917. The van der Waals surface area contributed by atoms with Gasteiger partial charge in [0.2, 0.25) is 0 Å². The molecule has 88 valence electrons. The molecule has 0 rings (SSSR count). The predicted octanol–water partition coefficient (Wildman–Crippen LogP) is 4.30. The second kappa shape index (κ2) is 39.4. The Bertz CT molecular complexity index is 77.6. The van der Waals surface area contributed by atoms with Gasteiger partial charge in [-0.3, -0.25) is 0 Å². The maximum Gasteiger partial charge on any atom is 0.373 e. The molecule has 0 aromatic rings. The number of hydrogen-bond acceptors (Lipinski definition) is 2. The first-order valence-electron chi connectivity index (χ1n) is 5.47. The first-order chi connectivity index (χ1) is 6.47. The summed E-state index contributed by atoms with van der Waals surface area (Å²) in [6, 6.07) is 0. The van der Waals surface area contributed by atoms with Crippen LogP contribution >= 0.6 is 0 Å². The van der Waals surface area contributed by atoms with Gasteiger partial charge in [-0.1, -0.05) is 67.7 Å². The highest BCUT2D eigenvalue weighted by atomic mass is 16.2. The summed E-state index contributed by atoms with van der Waals surface area (Å²) in [5, 5.41) is 0.